The van der Waals surface area contributed by atoms with Crippen molar-refractivity contribution in [1.29, 1.82) is 0 Å². The molecular weight excluding hydrogens is 261 g/mol. The molecule has 1 saturated heterocycles. The number of esters is 1. The fourth-order valence-electron chi connectivity index (χ4n) is 1.43. The van der Waals surface area contributed by atoms with Crippen LogP contribution >= 0.6 is 36.6 Å². The zero-order valence-corrected chi connectivity index (χ0v) is 10.4. The van der Waals surface area contributed by atoms with Crippen molar-refractivity contribution in [2.24, 2.45) is 0 Å². The van der Waals surface area contributed by atoms with Crippen molar-refractivity contribution in [1.82, 2.24) is 4.90 Å². The lowest BCUT2D eigenvalue weighted by Gasteiger charge is -2.42. The first-order valence-electron chi connectivity index (χ1n) is 3.96. The van der Waals surface area contributed by atoms with Crippen LogP contribution in [0.15, 0.2) is 11.8 Å². The number of rotatable bonds is 1. The number of amides is 1. The molecular formula is C8H11Cl2NO3S. The summed E-state index contributed by atoms with van der Waals surface area (Å²) in [4.78, 5) is 23.9. The van der Waals surface area contributed by atoms with Gasteiger partial charge in [0.2, 0.25) is 5.91 Å². The number of carbonyl (C=O) groups excluding carboxylic acids is 2. The summed E-state index contributed by atoms with van der Waals surface area (Å²) in [7, 11) is 1.32. The Hall–Kier alpha value is -0.390. The second-order valence-electron chi connectivity index (χ2n) is 2.84. The van der Waals surface area contributed by atoms with E-state index >= 15 is 0 Å². The fraction of sp³-hybridized carbons (Fsp3) is 0.500. The predicted octanol–water partition coefficient (Wildman–Crippen LogP) is 1.19. The van der Waals surface area contributed by atoms with Crippen molar-refractivity contribution >= 4 is 48.5 Å². The van der Waals surface area contributed by atoms with Crippen LogP contribution in [0.4, 0.5) is 0 Å². The van der Waals surface area contributed by atoms with Gasteiger partial charge in [-0.1, -0.05) is 0 Å². The van der Waals surface area contributed by atoms with E-state index in [2.05, 4.69) is 4.74 Å². The van der Waals surface area contributed by atoms with E-state index in [0.29, 0.717) is 12.1 Å². The Balaban J connectivity index is 0.000000980. The number of halogens is 2. The quantitative estimate of drug-likeness (QED) is 0.531. The average Bonchev–Trinajstić information content (AvgIpc) is 2.14. The molecule has 2 rings (SSSR count). The molecule has 0 saturated carbocycles. The number of fused-ring (bicyclic) bond motifs is 1. The molecule has 1 fully saturated rings. The highest BCUT2D eigenvalue weighted by Gasteiger charge is 2.43. The van der Waals surface area contributed by atoms with Crippen LogP contribution in [0.2, 0.25) is 0 Å². The summed E-state index contributed by atoms with van der Waals surface area (Å²) in [5.74, 6) is 0.367. The van der Waals surface area contributed by atoms with Crippen LogP contribution in [0.3, 0.4) is 0 Å². The van der Waals surface area contributed by atoms with Gasteiger partial charge in [0.05, 0.1) is 18.9 Å². The van der Waals surface area contributed by atoms with Gasteiger partial charge in [0, 0.05) is 5.75 Å². The number of carbonyl (C=O) groups is 2. The first kappa shape index (κ1) is 14.6. The summed E-state index contributed by atoms with van der Waals surface area (Å²) < 4.78 is 4.58. The molecule has 2 aliphatic rings. The Labute approximate surface area is 104 Å². The van der Waals surface area contributed by atoms with Gasteiger partial charge in [-0.2, -0.15) is 0 Å². The molecule has 0 unspecified atom stereocenters. The van der Waals surface area contributed by atoms with E-state index in [1.807, 2.05) is 0 Å². The molecule has 0 N–H and O–H groups in total. The monoisotopic (exact) mass is 271 g/mol. The van der Waals surface area contributed by atoms with Gasteiger partial charge in [-0.25, -0.2) is 4.79 Å². The maximum Gasteiger partial charge on any atom is 0.354 e. The Kier molecular flexibility index (Phi) is 5.48. The number of hydrogen-bond donors (Lipinski definition) is 0. The maximum absolute atomic E-state index is 11.2. The molecule has 1 atom stereocenters. The second-order valence-corrected chi connectivity index (χ2v) is 4.05. The van der Waals surface area contributed by atoms with Crippen molar-refractivity contribution in [3.8, 4) is 0 Å². The number of methoxy groups -OCH3 is 1. The summed E-state index contributed by atoms with van der Waals surface area (Å²) in [6.07, 6.45) is 2.28. The van der Waals surface area contributed by atoms with Crippen LogP contribution < -0.4 is 0 Å². The first-order chi connectivity index (χ1) is 6.24. The number of thioether (sulfide) groups is 1. The average molecular weight is 272 g/mol. The highest BCUT2D eigenvalue weighted by molar-refractivity contribution is 8.00. The van der Waals surface area contributed by atoms with Crippen molar-refractivity contribution in [3.63, 3.8) is 0 Å². The van der Waals surface area contributed by atoms with Crippen LogP contribution in [-0.4, -0.2) is 35.0 Å². The van der Waals surface area contributed by atoms with E-state index in [9.17, 15) is 9.59 Å². The van der Waals surface area contributed by atoms with E-state index in [0.717, 1.165) is 5.75 Å². The van der Waals surface area contributed by atoms with E-state index in [-0.39, 0.29) is 36.1 Å². The van der Waals surface area contributed by atoms with Crippen LogP contribution in [0.1, 0.15) is 6.42 Å². The van der Waals surface area contributed by atoms with Crippen molar-refractivity contribution in [3.05, 3.63) is 11.8 Å². The molecule has 86 valence electrons. The minimum Gasteiger partial charge on any atom is -0.464 e. The minimum absolute atomic E-state index is 0. The molecule has 0 aromatic heterocycles. The summed E-state index contributed by atoms with van der Waals surface area (Å²) in [6, 6.07) is 0. The Morgan fingerprint density at radius 1 is 1.60 bits per heavy atom. The molecule has 4 nitrogen and oxygen atoms in total. The van der Waals surface area contributed by atoms with E-state index in [1.54, 1.807) is 17.8 Å². The van der Waals surface area contributed by atoms with Gasteiger partial charge in [-0.05, 0) is 6.08 Å². The highest BCUT2D eigenvalue weighted by atomic mass is 35.5. The first-order valence-corrected chi connectivity index (χ1v) is 5.01. The zero-order chi connectivity index (χ0) is 9.42. The molecule has 0 aromatic carbocycles. The van der Waals surface area contributed by atoms with Gasteiger partial charge >= 0.3 is 5.97 Å². The van der Waals surface area contributed by atoms with Crippen LogP contribution in [0, 0.1) is 0 Å². The largest absolute Gasteiger partial charge is 0.464 e. The van der Waals surface area contributed by atoms with Crippen LogP contribution in [0.5, 0.6) is 0 Å². The SMILES string of the molecule is COC(=O)C1=CCS[C@@H]2CC(=O)N12.Cl.Cl. The van der Waals surface area contributed by atoms with E-state index in [1.165, 1.54) is 12.0 Å². The zero-order valence-electron chi connectivity index (χ0n) is 7.97. The lowest BCUT2D eigenvalue weighted by atomic mass is 10.1. The van der Waals surface area contributed by atoms with Crippen LogP contribution in [0.25, 0.3) is 0 Å². The Morgan fingerprint density at radius 3 is 2.80 bits per heavy atom. The van der Waals surface area contributed by atoms with Gasteiger partial charge < -0.3 is 4.74 Å². The topological polar surface area (TPSA) is 46.6 Å². The lowest BCUT2D eigenvalue weighted by Crippen LogP contribution is -2.53. The third-order valence-electron chi connectivity index (χ3n) is 2.13. The fourth-order valence-corrected chi connectivity index (χ4v) is 2.55. The normalized spacial score (nSPS) is 22.5. The smallest absolute Gasteiger partial charge is 0.354 e. The number of hydrogen-bond acceptors (Lipinski definition) is 4. The molecule has 0 spiro atoms. The van der Waals surface area contributed by atoms with Gasteiger partial charge in [-0.15, -0.1) is 36.6 Å². The van der Waals surface area contributed by atoms with E-state index < -0.39 is 5.97 Å². The molecule has 2 aliphatic heterocycles. The summed E-state index contributed by atoms with van der Waals surface area (Å²) >= 11 is 1.67. The molecule has 15 heavy (non-hydrogen) atoms. The predicted molar refractivity (Wildman–Crippen MR) is 62.3 cm³/mol. The van der Waals surface area contributed by atoms with E-state index in [4.69, 9.17) is 0 Å². The highest BCUT2D eigenvalue weighted by Crippen LogP contribution is 2.36. The molecule has 0 bridgehead atoms. The summed E-state index contributed by atoms with van der Waals surface area (Å²) in [5, 5.41) is 0.159. The molecule has 0 radical (unpaired) electrons. The van der Waals surface area contributed by atoms with Crippen LogP contribution in [-0.2, 0) is 14.3 Å². The van der Waals surface area contributed by atoms with Gasteiger partial charge in [-0.3, -0.25) is 9.69 Å². The second kappa shape index (κ2) is 5.63. The summed E-state index contributed by atoms with van der Waals surface area (Å²) in [6.45, 7) is 0. The molecule has 0 aromatic rings. The molecule has 1 amide bonds. The third-order valence-corrected chi connectivity index (χ3v) is 3.25. The van der Waals surface area contributed by atoms with Crippen molar-refractivity contribution in [2.75, 3.05) is 12.9 Å². The Bertz CT molecular complexity index is 308. The Morgan fingerprint density at radius 2 is 2.27 bits per heavy atom. The van der Waals surface area contributed by atoms with Gasteiger partial charge in [0.25, 0.3) is 0 Å². The molecule has 0 aliphatic carbocycles. The standard InChI is InChI=1S/C8H9NO3S.2ClH/c1-12-8(11)5-2-3-13-7-4-6(10)9(5)7;;/h2,7H,3-4H2,1H3;2*1H/t7-;;/m1../s1. The maximum atomic E-state index is 11.2. The number of ether oxygens (including phenoxy) is 1. The third kappa shape index (κ3) is 2.41. The lowest BCUT2D eigenvalue weighted by molar-refractivity contribution is -0.147. The molecule has 7 heteroatoms. The number of nitrogens with zero attached hydrogens (tertiary/aromatic N) is 1. The van der Waals surface area contributed by atoms with Gasteiger partial charge in [0.15, 0.2) is 0 Å². The van der Waals surface area contributed by atoms with Gasteiger partial charge in [0.1, 0.15) is 5.70 Å². The number of β-lactam (4-membered cyclic amide) rings is 1. The summed E-state index contributed by atoms with van der Waals surface area (Å²) in [5.41, 5.74) is 0.405. The van der Waals surface area contributed by atoms with Crippen molar-refractivity contribution < 1.29 is 14.3 Å². The molecule has 2 heterocycles. The minimum atomic E-state index is -0.418. The van der Waals surface area contributed by atoms with Crippen molar-refractivity contribution in [2.45, 2.75) is 11.8 Å².